The van der Waals surface area contributed by atoms with Gasteiger partial charge in [-0.1, -0.05) is 50.1 Å². The van der Waals surface area contributed by atoms with Crippen molar-refractivity contribution < 1.29 is 31.8 Å². The fraction of sp³-hybridized carbons (Fsp3) is 0.600. The summed E-state index contributed by atoms with van der Waals surface area (Å²) in [6, 6.07) is 9.02. The van der Waals surface area contributed by atoms with E-state index in [1.54, 1.807) is 6.07 Å². The quantitative estimate of drug-likeness (QED) is 0.216. The molecule has 42 heavy (non-hydrogen) atoms. The molecule has 1 saturated heterocycles. The summed E-state index contributed by atoms with van der Waals surface area (Å²) in [6.45, 7) is 5.45. The minimum Gasteiger partial charge on any atom is -0.432 e. The summed E-state index contributed by atoms with van der Waals surface area (Å²) < 4.78 is 76.8. The van der Waals surface area contributed by atoms with Crippen molar-refractivity contribution in [1.29, 1.82) is 0 Å². The minimum absolute atomic E-state index is 0.147. The second-order valence-electron chi connectivity index (χ2n) is 12.6. The highest BCUT2D eigenvalue weighted by atomic mass is 19.3. The first-order valence-corrected chi connectivity index (χ1v) is 15.7. The van der Waals surface area contributed by atoms with Crippen LogP contribution in [-0.2, 0) is 15.9 Å². The van der Waals surface area contributed by atoms with Gasteiger partial charge in [0.15, 0.2) is 6.29 Å². The molecule has 0 N–H and O–H groups in total. The van der Waals surface area contributed by atoms with Gasteiger partial charge in [-0.05, 0) is 99.3 Å². The predicted molar refractivity (Wildman–Crippen MR) is 155 cm³/mol. The van der Waals surface area contributed by atoms with Crippen molar-refractivity contribution in [3.05, 3.63) is 76.9 Å². The zero-order valence-electron chi connectivity index (χ0n) is 24.8. The summed E-state index contributed by atoms with van der Waals surface area (Å²) in [7, 11) is 0. The van der Waals surface area contributed by atoms with Gasteiger partial charge in [-0.25, -0.2) is 8.78 Å². The number of halogens is 4. The molecule has 7 heteroatoms. The number of benzene rings is 2. The first-order valence-electron chi connectivity index (χ1n) is 15.7. The van der Waals surface area contributed by atoms with Gasteiger partial charge in [0.25, 0.3) is 0 Å². The highest BCUT2D eigenvalue weighted by molar-refractivity contribution is 5.30. The molecule has 3 nitrogen and oxygen atoms in total. The number of alkyl halides is 2. The Morgan fingerprint density at radius 1 is 0.857 bits per heavy atom. The number of rotatable bonds is 9. The van der Waals surface area contributed by atoms with Gasteiger partial charge in [0, 0.05) is 17.5 Å². The minimum atomic E-state index is -3.43. The van der Waals surface area contributed by atoms with Gasteiger partial charge in [-0.3, -0.25) is 0 Å². The number of aryl methyl sites for hydroxylation is 1. The number of ether oxygens (including phenoxy) is 3. The average molecular weight is 589 g/mol. The Morgan fingerprint density at radius 2 is 1.57 bits per heavy atom. The zero-order chi connectivity index (χ0) is 29.7. The van der Waals surface area contributed by atoms with Crippen LogP contribution in [0.15, 0.2) is 48.6 Å². The third kappa shape index (κ3) is 7.57. The van der Waals surface area contributed by atoms with Crippen LogP contribution in [0.3, 0.4) is 0 Å². The molecule has 3 aliphatic rings. The summed E-state index contributed by atoms with van der Waals surface area (Å²) in [4.78, 5) is 0. The van der Waals surface area contributed by atoms with Crippen molar-refractivity contribution in [2.24, 2.45) is 23.7 Å². The Labute approximate surface area is 247 Å². The number of hydrogen-bond acceptors (Lipinski definition) is 3. The van der Waals surface area contributed by atoms with Crippen LogP contribution in [-0.4, -0.2) is 19.3 Å². The Hall–Kier alpha value is -2.38. The van der Waals surface area contributed by atoms with Crippen molar-refractivity contribution in [3.8, 4) is 5.75 Å². The van der Waals surface area contributed by atoms with E-state index in [1.165, 1.54) is 43.9 Å². The molecule has 2 aromatic carbocycles. The second-order valence-corrected chi connectivity index (χ2v) is 12.6. The molecule has 1 heterocycles. The SMILES string of the molecule is C/C=C/CCc1ccc(OC(F)(F)C2CCC(c3ccc(C4OCC(C5CCC(C)CC5)CO4)cc3F)CC2)cc1F. The molecular weight excluding hydrogens is 544 g/mol. The van der Waals surface area contributed by atoms with Crippen LogP contribution in [0.4, 0.5) is 17.6 Å². The van der Waals surface area contributed by atoms with Crippen molar-refractivity contribution >= 4 is 0 Å². The van der Waals surface area contributed by atoms with Crippen molar-refractivity contribution in [3.63, 3.8) is 0 Å². The van der Waals surface area contributed by atoms with Gasteiger partial charge in [0.2, 0.25) is 0 Å². The number of hydrogen-bond donors (Lipinski definition) is 0. The molecule has 0 aromatic heterocycles. The van der Waals surface area contributed by atoms with E-state index in [9.17, 15) is 4.39 Å². The molecule has 3 fully saturated rings. The van der Waals surface area contributed by atoms with Crippen LogP contribution in [0.1, 0.15) is 101 Å². The van der Waals surface area contributed by atoms with Gasteiger partial charge >= 0.3 is 6.11 Å². The molecule has 5 rings (SSSR count). The van der Waals surface area contributed by atoms with Gasteiger partial charge in [0.05, 0.1) is 19.1 Å². The van der Waals surface area contributed by atoms with E-state index in [4.69, 9.17) is 14.2 Å². The molecule has 0 unspecified atom stereocenters. The van der Waals surface area contributed by atoms with Crippen LogP contribution in [0.5, 0.6) is 5.75 Å². The van der Waals surface area contributed by atoms with Gasteiger partial charge in [-0.2, -0.15) is 8.78 Å². The first-order chi connectivity index (χ1) is 20.2. The van der Waals surface area contributed by atoms with Crippen LogP contribution in [0, 0.1) is 35.3 Å². The summed E-state index contributed by atoms with van der Waals surface area (Å²) in [5.74, 6) is -0.409. The third-order valence-corrected chi connectivity index (χ3v) is 9.68. The van der Waals surface area contributed by atoms with Crippen LogP contribution < -0.4 is 4.74 Å². The molecule has 1 aliphatic heterocycles. The Kier molecular flexibility index (Phi) is 10.3. The van der Waals surface area contributed by atoms with Crippen molar-refractivity contribution in [2.75, 3.05) is 13.2 Å². The van der Waals surface area contributed by atoms with Crippen LogP contribution >= 0.6 is 0 Å². The summed E-state index contributed by atoms with van der Waals surface area (Å²) in [5, 5.41) is 0. The fourth-order valence-electron chi connectivity index (χ4n) is 6.94. The molecule has 0 bridgehead atoms. The lowest BCUT2D eigenvalue weighted by atomic mass is 9.76. The summed E-state index contributed by atoms with van der Waals surface area (Å²) in [5.41, 5.74) is 1.67. The third-order valence-electron chi connectivity index (χ3n) is 9.68. The maximum atomic E-state index is 15.3. The Bertz CT molecular complexity index is 1190. The monoisotopic (exact) mass is 588 g/mol. The lowest BCUT2D eigenvalue weighted by Crippen LogP contribution is -2.37. The Morgan fingerprint density at radius 3 is 2.21 bits per heavy atom. The van der Waals surface area contributed by atoms with Gasteiger partial charge < -0.3 is 14.2 Å². The van der Waals surface area contributed by atoms with Crippen LogP contribution in [0.2, 0.25) is 0 Å². The van der Waals surface area contributed by atoms with E-state index in [2.05, 4.69) is 6.92 Å². The maximum Gasteiger partial charge on any atom is 0.400 e. The smallest absolute Gasteiger partial charge is 0.400 e. The zero-order valence-corrected chi connectivity index (χ0v) is 24.8. The Balaban J connectivity index is 1.12. The summed E-state index contributed by atoms with van der Waals surface area (Å²) in [6.07, 6.45) is 7.18. The maximum absolute atomic E-state index is 15.3. The normalized spacial score (nSPS) is 29.1. The summed E-state index contributed by atoms with van der Waals surface area (Å²) >= 11 is 0. The molecular formula is C35H44F4O3. The van der Waals surface area contributed by atoms with Crippen molar-refractivity contribution in [1.82, 2.24) is 0 Å². The predicted octanol–water partition coefficient (Wildman–Crippen LogP) is 9.91. The molecule has 2 aliphatic carbocycles. The standard InChI is InChI=1S/C35H44F4O3/c1-3-4-5-6-26-13-17-30(20-32(26)36)42-35(38,39)29-15-11-25(12-16-29)31-18-14-27(19-33(31)37)34-40-21-28(22-41-34)24-9-7-23(2)8-10-24/h3-4,13-14,17-20,23-25,28-29,34H,5-12,15-16,21-22H2,1-2H3/b4-3+. The second kappa shape index (κ2) is 13.9. The lowest BCUT2D eigenvalue weighted by Gasteiger charge is -2.37. The van der Waals surface area contributed by atoms with E-state index in [1.807, 2.05) is 25.1 Å². The van der Waals surface area contributed by atoms with E-state index in [0.717, 1.165) is 12.0 Å². The average Bonchev–Trinajstić information content (AvgIpc) is 2.99. The topological polar surface area (TPSA) is 27.7 Å². The molecule has 230 valence electrons. The van der Waals surface area contributed by atoms with E-state index < -0.39 is 24.1 Å². The highest BCUT2D eigenvalue weighted by Crippen LogP contribution is 2.44. The molecule has 0 spiro atoms. The van der Waals surface area contributed by atoms with E-state index in [-0.39, 0.29) is 30.3 Å². The van der Waals surface area contributed by atoms with Gasteiger partial charge in [0.1, 0.15) is 17.4 Å². The molecule has 0 atom stereocenters. The fourth-order valence-corrected chi connectivity index (χ4v) is 6.94. The first kappa shape index (κ1) is 31.1. The lowest BCUT2D eigenvalue weighted by molar-refractivity contribution is -0.222. The van der Waals surface area contributed by atoms with Crippen LogP contribution in [0.25, 0.3) is 0 Å². The highest BCUT2D eigenvalue weighted by Gasteiger charge is 2.44. The van der Waals surface area contributed by atoms with E-state index >= 15 is 13.2 Å². The van der Waals surface area contributed by atoms with E-state index in [0.29, 0.717) is 67.4 Å². The molecule has 2 saturated carbocycles. The number of allylic oxidation sites excluding steroid dienone is 2. The largest absolute Gasteiger partial charge is 0.432 e. The molecule has 2 aromatic rings. The molecule has 0 amide bonds. The van der Waals surface area contributed by atoms with Gasteiger partial charge in [-0.15, -0.1) is 0 Å². The van der Waals surface area contributed by atoms with Crippen molar-refractivity contribution in [2.45, 2.75) is 96.4 Å². The molecule has 0 radical (unpaired) electrons.